The molecule has 0 bridgehead atoms. The number of amides is 1. The molecule has 1 heterocycles. The monoisotopic (exact) mass is 323 g/mol. The summed E-state index contributed by atoms with van der Waals surface area (Å²) in [5.41, 5.74) is -1.28. The average Bonchev–Trinajstić information content (AvgIpc) is 2.55. The highest BCUT2D eigenvalue weighted by Gasteiger charge is 2.41. The van der Waals surface area contributed by atoms with Crippen molar-refractivity contribution in [2.24, 2.45) is 0 Å². The van der Waals surface area contributed by atoms with E-state index >= 15 is 0 Å². The minimum absolute atomic E-state index is 0.240. The van der Waals surface area contributed by atoms with Gasteiger partial charge in [-0.2, -0.15) is 0 Å². The number of carboxylic acids is 1. The Kier molecular flexibility index (Phi) is 5.81. The molecule has 1 aromatic rings. The number of aliphatic carboxylic acids is 1. The minimum atomic E-state index is -1.28. The molecule has 1 aliphatic heterocycles. The average molecular weight is 323 g/mol. The molecule has 1 aliphatic rings. The van der Waals surface area contributed by atoms with Crippen LogP contribution < -0.4 is 14.8 Å². The first kappa shape index (κ1) is 17.1. The first-order valence-corrected chi connectivity index (χ1v) is 7.54. The molecule has 126 valence electrons. The van der Waals surface area contributed by atoms with Crippen molar-refractivity contribution in [3.05, 3.63) is 24.3 Å². The third-order valence-corrected chi connectivity index (χ3v) is 3.64. The van der Waals surface area contributed by atoms with Crippen LogP contribution in [0.4, 0.5) is 0 Å². The number of rotatable bonds is 7. The lowest BCUT2D eigenvalue weighted by molar-refractivity contribution is -0.152. The second-order valence-corrected chi connectivity index (χ2v) is 5.22. The molecule has 0 aromatic heterocycles. The molecule has 0 saturated carbocycles. The van der Waals surface area contributed by atoms with Gasteiger partial charge in [-0.05, 0) is 19.1 Å². The Morgan fingerprint density at radius 2 is 1.83 bits per heavy atom. The molecule has 1 saturated heterocycles. The molecule has 0 radical (unpaired) electrons. The molecule has 0 spiro atoms. The second-order valence-electron chi connectivity index (χ2n) is 5.22. The number of carboxylic acid groups (broad SMARTS) is 1. The summed E-state index contributed by atoms with van der Waals surface area (Å²) in [6.07, 6.45) is 0.479. The van der Waals surface area contributed by atoms with Crippen LogP contribution in [-0.2, 0) is 14.3 Å². The van der Waals surface area contributed by atoms with E-state index in [-0.39, 0.29) is 19.4 Å². The molecule has 0 aliphatic carbocycles. The normalized spacial score (nSPS) is 16.4. The minimum Gasteiger partial charge on any atom is -0.490 e. The first-order valence-electron chi connectivity index (χ1n) is 7.54. The maximum absolute atomic E-state index is 12.1. The predicted octanol–water partition coefficient (Wildman–Crippen LogP) is 1.21. The molecule has 2 N–H and O–H groups in total. The van der Waals surface area contributed by atoms with Gasteiger partial charge in [-0.15, -0.1) is 0 Å². The molecule has 1 fully saturated rings. The molecule has 2 rings (SSSR count). The van der Waals surface area contributed by atoms with Crippen molar-refractivity contribution in [3.8, 4) is 11.5 Å². The van der Waals surface area contributed by atoms with Crippen LogP contribution >= 0.6 is 0 Å². The molecule has 7 heteroatoms. The summed E-state index contributed by atoms with van der Waals surface area (Å²) in [6.45, 7) is 2.67. The van der Waals surface area contributed by atoms with Crippen molar-refractivity contribution >= 4 is 11.9 Å². The van der Waals surface area contributed by atoms with Crippen molar-refractivity contribution in [3.63, 3.8) is 0 Å². The van der Waals surface area contributed by atoms with E-state index in [1.807, 2.05) is 6.92 Å². The van der Waals surface area contributed by atoms with Gasteiger partial charge < -0.3 is 24.6 Å². The van der Waals surface area contributed by atoms with Crippen molar-refractivity contribution in [2.45, 2.75) is 25.3 Å². The van der Waals surface area contributed by atoms with Crippen LogP contribution in [0.1, 0.15) is 19.8 Å². The predicted molar refractivity (Wildman–Crippen MR) is 81.7 cm³/mol. The van der Waals surface area contributed by atoms with E-state index in [4.69, 9.17) is 14.2 Å². The van der Waals surface area contributed by atoms with Gasteiger partial charge in [-0.1, -0.05) is 12.1 Å². The smallest absolute Gasteiger partial charge is 0.329 e. The number of benzene rings is 1. The van der Waals surface area contributed by atoms with Gasteiger partial charge in [-0.25, -0.2) is 4.79 Å². The number of hydrogen-bond acceptors (Lipinski definition) is 5. The van der Waals surface area contributed by atoms with Crippen LogP contribution in [0.5, 0.6) is 11.5 Å². The van der Waals surface area contributed by atoms with Crippen molar-refractivity contribution in [1.29, 1.82) is 0 Å². The number of carbonyl (C=O) groups excluding carboxylic acids is 1. The molecule has 23 heavy (non-hydrogen) atoms. The summed E-state index contributed by atoms with van der Waals surface area (Å²) in [5.74, 6) is -0.549. The number of para-hydroxylation sites is 2. The molecule has 0 unspecified atom stereocenters. The lowest BCUT2D eigenvalue weighted by atomic mass is 9.90. The Hall–Kier alpha value is -2.28. The highest BCUT2D eigenvalue weighted by atomic mass is 16.5. The summed E-state index contributed by atoms with van der Waals surface area (Å²) in [7, 11) is 0. The van der Waals surface area contributed by atoms with Crippen LogP contribution in [0, 0.1) is 0 Å². The van der Waals surface area contributed by atoms with Gasteiger partial charge in [-0.3, -0.25) is 4.79 Å². The van der Waals surface area contributed by atoms with Gasteiger partial charge in [0.2, 0.25) is 0 Å². The Labute approximate surface area is 134 Å². The van der Waals surface area contributed by atoms with Gasteiger partial charge in [0.15, 0.2) is 18.1 Å². The maximum atomic E-state index is 12.1. The van der Waals surface area contributed by atoms with E-state index in [1.165, 1.54) is 0 Å². The zero-order valence-electron chi connectivity index (χ0n) is 13.0. The van der Waals surface area contributed by atoms with E-state index in [1.54, 1.807) is 24.3 Å². The van der Waals surface area contributed by atoms with Crippen molar-refractivity contribution in [2.75, 3.05) is 26.4 Å². The summed E-state index contributed by atoms with van der Waals surface area (Å²) in [6, 6.07) is 7.01. The van der Waals surface area contributed by atoms with E-state index in [0.717, 1.165) is 0 Å². The molecule has 0 atom stereocenters. The highest BCUT2D eigenvalue weighted by molar-refractivity contribution is 5.87. The van der Waals surface area contributed by atoms with Gasteiger partial charge in [0.1, 0.15) is 5.54 Å². The number of ether oxygens (including phenoxy) is 3. The standard InChI is InChI=1S/C16H21NO6/c1-2-22-12-5-3-4-6-13(12)23-11-14(18)17-16(15(19)20)7-9-21-10-8-16/h3-6H,2,7-11H2,1H3,(H,17,18)(H,19,20). The molecular weight excluding hydrogens is 302 g/mol. The first-order chi connectivity index (χ1) is 11.1. The van der Waals surface area contributed by atoms with Crippen molar-refractivity contribution < 1.29 is 28.9 Å². The molecule has 1 aromatic carbocycles. The van der Waals surface area contributed by atoms with Gasteiger partial charge in [0, 0.05) is 26.1 Å². The third kappa shape index (κ3) is 4.35. The van der Waals surface area contributed by atoms with Gasteiger partial charge in [0.05, 0.1) is 6.61 Å². The maximum Gasteiger partial charge on any atom is 0.329 e. The Bertz CT molecular complexity index is 553. The fraction of sp³-hybridized carbons (Fsp3) is 0.500. The SMILES string of the molecule is CCOc1ccccc1OCC(=O)NC1(C(=O)O)CCOCC1. The topological polar surface area (TPSA) is 94.1 Å². The second kappa shape index (κ2) is 7.82. The molecule has 7 nitrogen and oxygen atoms in total. The van der Waals surface area contributed by atoms with E-state index < -0.39 is 17.4 Å². The summed E-state index contributed by atoms with van der Waals surface area (Å²) in [5, 5.41) is 12.0. The summed E-state index contributed by atoms with van der Waals surface area (Å²) >= 11 is 0. The Morgan fingerprint density at radius 1 is 1.22 bits per heavy atom. The van der Waals surface area contributed by atoms with E-state index in [9.17, 15) is 14.7 Å². The largest absolute Gasteiger partial charge is 0.490 e. The quantitative estimate of drug-likeness (QED) is 0.783. The number of nitrogens with one attached hydrogen (secondary N) is 1. The highest BCUT2D eigenvalue weighted by Crippen LogP contribution is 2.26. The Balaban J connectivity index is 1.95. The van der Waals surface area contributed by atoms with E-state index in [0.29, 0.717) is 31.3 Å². The number of carbonyl (C=O) groups is 2. The van der Waals surface area contributed by atoms with Crippen LogP contribution in [-0.4, -0.2) is 48.9 Å². The van der Waals surface area contributed by atoms with Crippen LogP contribution in [0.15, 0.2) is 24.3 Å². The van der Waals surface area contributed by atoms with Crippen molar-refractivity contribution in [1.82, 2.24) is 5.32 Å². The molecular formula is C16H21NO6. The summed E-state index contributed by atoms with van der Waals surface area (Å²) < 4.78 is 16.0. The van der Waals surface area contributed by atoms with Crippen LogP contribution in [0.3, 0.4) is 0 Å². The zero-order valence-corrected chi connectivity index (χ0v) is 13.0. The fourth-order valence-electron chi connectivity index (χ4n) is 2.40. The number of hydrogen-bond donors (Lipinski definition) is 2. The van der Waals surface area contributed by atoms with Gasteiger partial charge in [0.25, 0.3) is 5.91 Å². The zero-order chi connectivity index (χ0) is 16.7. The molecule has 1 amide bonds. The lowest BCUT2D eigenvalue weighted by Gasteiger charge is -2.33. The fourth-order valence-corrected chi connectivity index (χ4v) is 2.40. The lowest BCUT2D eigenvalue weighted by Crippen LogP contribution is -2.58. The van der Waals surface area contributed by atoms with Gasteiger partial charge >= 0.3 is 5.97 Å². The Morgan fingerprint density at radius 3 is 2.39 bits per heavy atom. The third-order valence-electron chi connectivity index (χ3n) is 3.64. The van der Waals surface area contributed by atoms with E-state index in [2.05, 4.69) is 5.32 Å². The van der Waals surface area contributed by atoms with Crippen LogP contribution in [0.25, 0.3) is 0 Å². The summed E-state index contributed by atoms with van der Waals surface area (Å²) in [4.78, 5) is 23.6. The van der Waals surface area contributed by atoms with Crippen LogP contribution in [0.2, 0.25) is 0 Å².